The minimum atomic E-state index is -0.696. The van der Waals surface area contributed by atoms with E-state index in [1.54, 1.807) is 0 Å². The molecule has 4 rings (SSSR count). The molecule has 1 aromatic heterocycles. The van der Waals surface area contributed by atoms with Crippen molar-refractivity contribution in [1.29, 1.82) is 0 Å². The summed E-state index contributed by atoms with van der Waals surface area (Å²) in [4.78, 5) is 39.3. The minimum absolute atomic E-state index is 0.0350. The van der Waals surface area contributed by atoms with Gasteiger partial charge in [-0.3, -0.25) is 14.4 Å². The maximum Gasteiger partial charge on any atom is 0.307 e. The summed E-state index contributed by atoms with van der Waals surface area (Å²) in [5, 5.41) is 7.19. The summed E-state index contributed by atoms with van der Waals surface area (Å²) in [6.07, 6.45) is 9.60. The fraction of sp³-hybridized carbons (Fsp3) is 0.621. The van der Waals surface area contributed by atoms with Crippen molar-refractivity contribution in [2.24, 2.45) is 11.8 Å². The Labute approximate surface area is 214 Å². The standard InChI is InChI=1S/C29H41N3O4/c1-29(2,3)36-26(33)18-21(16-20-12-13-20)27(34)31-24-17-22-19-32(25-11-7-6-10-23(22)25)15-9-5-4-8-14-30-28(24)35/h6-7,10-11,19-21,24H,4-5,8-9,12-18H2,1-3H3,(H,30,35)(H,31,34)/t21-,24+/m1/s1. The molecule has 2 amide bonds. The summed E-state index contributed by atoms with van der Waals surface area (Å²) in [7, 11) is 0. The van der Waals surface area contributed by atoms with E-state index in [4.69, 9.17) is 4.74 Å². The Morgan fingerprint density at radius 3 is 2.64 bits per heavy atom. The van der Waals surface area contributed by atoms with Crippen LogP contribution in [0.2, 0.25) is 0 Å². The van der Waals surface area contributed by atoms with Crippen LogP contribution in [0.15, 0.2) is 30.5 Å². The number of rotatable bonds is 6. The summed E-state index contributed by atoms with van der Waals surface area (Å²) in [6.45, 7) is 7.03. The molecule has 1 aliphatic carbocycles. The van der Waals surface area contributed by atoms with Crippen LogP contribution in [-0.2, 0) is 32.1 Å². The highest BCUT2D eigenvalue weighted by Crippen LogP contribution is 2.36. The quantitative estimate of drug-likeness (QED) is 0.577. The molecule has 2 aliphatic rings. The van der Waals surface area contributed by atoms with Crippen molar-refractivity contribution >= 4 is 28.7 Å². The predicted octanol–water partition coefficient (Wildman–Crippen LogP) is 4.51. The fourth-order valence-electron chi connectivity index (χ4n) is 5.11. The first-order valence-electron chi connectivity index (χ1n) is 13.6. The lowest BCUT2D eigenvalue weighted by atomic mass is 9.96. The smallest absolute Gasteiger partial charge is 0.307 e. The highest BCUT2D eigenvalue weighted by molar-refractivity contribution is 5.91. The Bertz CT molecular complexity index is 1080. The van der Waals surface area contributed by atoms with Gasteiger partial charge in [-0.15, -0.1) is 0 Å². The molecule has 0 spiro atoms. The van der Waals surface area contributed by atoms with E-state index in [0.717, 1.165) is 61.5 Å². The van der Waals surface area contributed by atoms with Crippen LogP contribution in [0.25, 0.3) is 10.9 Å². The van der Waals surface area contributed by atoms with E-state index < -0.39 is 17.6 Å². The number of ether oxygens (including phenoxy) is 1. The molecule has 196 valence electrons. The van der Waals surface area contributed by atoms with Gasteiger partial charge in [0, 0.05) is 42.5 Å². The number of aromatic nitrogens is 1. The number of para-hydroxylation sites is 1. The third kappa shape index (κ3) is 7.34. The first-order valence-corrected chi connectivity index (χ1v) is 13.6. The molecule has 2 atom stereocenters. The normalized spacial score (nSPS) is 20.4. The first-order chi connectivity index (χ1) is 17.2. The van der Waals surface area contributed by atoms with Gasteiger partial charge in [-0.2, -0.15) is 0 Å². The van der Waals surface area contributed by atoms with Crippen LogP contribution in [0.4, 0.5) is 0 Å². The summed E-state index contributed by atoms with van der Waals surface area (Å²) >= 11 is 0. The molecule has 0 saturated heterocycles. The number of hydrogen-bond acceptors (Lipinski definition) is 4. The van der Waals surface area contributed by atoms with Crippen molar-refractivity contribution < 1.29 is 19.1 Å². The van der Waals surface area contributed by atoms with Crippen LogP contribution in [0.3, 0.4) is 0 Å². The van der Waals surface area contributed by atoms with E-state index >= 15 is 0 Å². The molecule has 0 unspecified atom stereocenters. The van der Waals surface area contributed by atoms with Crippen LogP contribution >= 0.6 is 0 Å². The van der Waals surface area contributed by atoms with Crippen molar-refractivity contribution in [3.8, 4) is 0 Å². The minimum Gasteiger partial charge on any atom is -0.460 e. The number of nitrogens with one attached hydrogen (secondary N) is 2. The molecule has 2 aromatic rings. The van der Waals surface area contributed by atoms with E-state index in [-0.39, 0.29) is 24.2 Å². The molecule has 36 heavy (non-hydrogen) atoms. The molecule has 1 aromatic carbocycles. The molecular formula is C29H41N3O4. The van der Waals surface area contributed by atoms with Crippen molar-refractivity contribution in [2.45, 2.75) is 96.7 Å². The van der Waals surface area contributed by atoms with E-state index in [1.165, 1.54) is 0 Å². The number of carbonyl (C=O) groups is 3. The highest BCUT2D eigenvalue weighted by atomic mass is 16.6. The zero-order chi connectivity index (χ0) is 25.7. The van der Waals surface area contributed by atoms with E-state index in [2.05, 4.69) is 33.5 Å². The Morgan fingerprint density at radius 1 is 1.14 bits per heavy atom. The third-order valence-electron chi connectivity index (χ3n) is 7.07. The third-order valence-corrected chi connectivity index (χ3v) is 7.07. The molecule has 1 aliphatic heterocycles. The zero-order valence-electron chi connectivity index (χ0n) is 22.0. The van der Waals surface area contributed by atoms with Gasteiger partial charge in [0.2, 0.25) is 11.8 Å². The Balaban J connectivity index is 1.55. The lowest BCUT2D eigenvalue weighted by molar-refractivity contribution is -0.157. The van der Waals surface area contributed by atoms with Gasteiger partial charge >= 0.3 is 5.97 Å². The van der Waals surface area contributed by atoms with Gasteiger partial charge in [0.15, 0.2) is 0 Å². The van der Waals surface area contributed by atoms with Crippen LogP contribution in [0, 0.1) is 11.8 Å². The lowest BCUT2D eigenvalue weighted by Crippen LogP contribution is -2.50. The van der Waals surface area contributed by atoms with Gasteiger partial charge in [-0.1, -0.05) is 43.9 Å². The number of amides is 2. The average Bonchev–Trinajstić information content (AvgIpc) is 3.56. The second-order valence-corrected chi connectivity index (χ2v) is 11.5. The molecule has 2 N–H and O–H groups in total. The summed E-state index contributed by atoms with van der Waals surface area (Å²) in [6, 6.07) is 7.56. The molecule has 0 radical (unpaired) electrons. The molecule has 7 heteroatoms. The molecule has 2 heterocycles. The molecule has 1 fully saturated rings. The van der Waals surface area contributed by atoms with Gasteiger partial charge in [0.1, 0.15) is 11.6 Å². The van der Waals surface area contributed by atoms with Crippen molar-refractivity contribution in [3.05, 3.63) is 36.0 Å². The molecular weight excluding hydrogens is 454 g/mol. The fourth-order valence-corrected chi connectivity index (χ4v) is 5.11. The number of esters is 1. The predicted molar refractivity (Wildman–Crippen MR) is 140 cm³/mol. The van der Waals surface area contributed by atoms with E-state index in [0.29, 0.717) is 25.3 Å². The van der Waals surface area contributed by atoms with Crippen LogP contribution in [-0.4, -0.2) is 40.5 Å². The van der Waals surface area contributed by atoms with E-state index in [9.17, 15) is 14.4 Å². The van der Waals surface area contributed by atoms with E-state index in [1.807, 2.05) is 32.9 Å². The largest absolute Gasteiger partial charge is 0.460 e. The number of aryl methyl sites for hydroxylation is 1. The molecule has 1 saturated carbocycles. The van der Waals surface area contributed by atoms with Crippen molar-refractivity contribution in [1.82, 2.24) is 15.2 Å². The number of nitrogens with zero attached hydrogens (tertiary/aromatic N) is 1. The topological polar surface area (TPSA) is 89.4 Å². The van der Waals surface area contributed by atoms with Gasteiger partial charge in [0.25, 0.3) is 0 Å². The number of hydrogen-bond donors (Lipinski definition) is 2. The summed E-state index contributed by atoms with van der Waals surface area (Å²) < 4.78 is 7.78. The maximum atomic E-state index is 13.5. The lowest BCUT2D eigenvalue weighted by Gasteiger charge is -2.24. The Hall–Kier alpha value is -2.83. The maximum absolute atomic E-state index is 13.5. The monoisotopic (exact) mass is 495 g/mol. The Kier molecular flexibility index (Phi) is 8.37. The second kappa shape index (κ2) is 11.5. The second-order valence-electron chi connectivity index (χ2n) is 11.5. The van der Waals surface area contributed by atoms with Gasteiger partial charge in [0.05, 0.1) is 6.42 Å². The summed E-state index contributed by atoms with van der Waals surface area (Å²) in [5.41, 5.74) is 1.61. The zero-order valence-corrected chi connectivity index (χ0v) is 22.0. The van der Waals surface area contributed by atoms with Crippen LogP contribution in [0.5, 0.6) is 0 Å². The molecule has 7 nitrogen and oxygen atoms in total. The number of carbonyl (C=O) groups excluding carboxylic acids is 3. The SMILES string of the molecule is CC(C)(C)OC(=O)C[C@@H](CC1CC1)C(=O)N[C@H]1Cc2cn(c3ccccc23)CCCCCCNC1=O. The van der Waals surface area contributed by atoms with Gasteiger partial charge in [-0.05, 0) is 57.6 Å². The van der Waals surface area contributed by atoms with Gasteiger partial charge < -0.3 is 19.9 Å². The summed E-state index contributed by atoms with van der Waals surface area (Å²) in [5.74, 6) is -0.797. The number of fused-ring (bicyclic) bond motifs is 5. The first kappa shape index (κ1) is 26.2. The van der Waals surface area contributed by atoms with Crippen molar-refractivity contribution in [3.63, 3.8) is 0 Å². The molecule has 2 bridgehead atoms. The van der Waals surface area contributed by atoms with Crippen LogP contribution in [0.1, 0.15) is 77.7 Å². The highest BCUT2D eigenvalue weighted by Gasteiger charge is 2.34. The average molecular weight is 496 g/mol. The van der Waals surface area contributed by atoms with Crippen LogP contribution < -0.4 is 10.6 Å². The Morgan fingerprint density at radius 2 is 1.89 bits per heavy atom. The van der Waals surface area contributed by atoms with Gasteiger partial charge in [-0.25, -0.2) is 0 Å². The van der Waals surface area contributed by atoms with Crippen molar-refractivity contribution in [2.75, 3.05) is 6.54 Å². The number of benzene rings is 1.